The van der Waals surface area contributed by atoms with E-state index in [9.17, 15) is 4.79 Å². The molecule has 0 bridgehead atoms. The molecule has 0 spiro atoms. The lowest BCUT2D eigenvalue weighted by molar-refractivity contribution is 0.102. The zero-order valence-corrected chi connectivity index (χ0v) is 8.70. The van der Waals surface area contributed by atoms with Crippen LogP contribution in [0.25, 0.3) is 0 Å². The molecule has 0 amide bonds. The summed E-state index contributed by atoms with van der Waals surface area (Å²) in [4.78, 5) is 11.6. The molecule has 1 rings (SSSR count). The quantitative estimate of drug-likeness (QED) is 0.493. The average Bonchev–Trinajstić information content (AvgIpc) is 2.25. The van der Waals surface area contributed by atoms with Gasteiger partial charge < -0.3 is 0 Å². The largest absolute Gasteiger partial charge is 0.294 e. The van der Waals surface area contributed by atoms with Crippen molar-refractivity contribution in [3.63, 3.8) is 0 Å². The Hall–Kier alpha value is -1.11. The number of ketones is 1. The van der Waals surface area contributed by atoms with E-state index in [0.717, 1.165) is 18.4 Å². The molecule has 1 aromatic rings. The van der Waals surface area contributed by atoms with Crippen LogP contribution < -0.4 is 0 Å². The maximum atomic E-state index is 11.6. The Bertz CT molecular complexity index is 264. The van der Waals surface area contributed by atoms with Crippen LogP contribution in [-0.2, 0) is 0 Å². The molecule has 75 valence electrons. The van der Waals surface area contributed by atoms with Gasteiger partial charge in [-0.15, -0.1) is 0 Å². The number of hydrogen-bond donors (Lipinski definition) is 0. The Morgan fingerprint density at radius 1 is 1.21 bits per heavy atom. The van der Waals surface area contributed by atoms with Crippen LogP contribution in [0.5, 0.6) is 0 Å². The number of unbranched alkanes of at least 4 members (excludes halogenated alkanes) is 3. The van der Waals surface area contributed by atoms with Gasteiger partial charge in [-0.2, -0.15) is 0 Å². The van der Waals surface area contributed by atoms with E-state index in [1.807, 2.05) is 30.3 Å². The summed E-state index contributed by atoms with van der Waals surface area (Å²) in [6.07, 6.45) is 6.23. The summed E-state index contributed by atoms with van der Waals surface area (Å²) in [5.74, 6) is 0.154. The molecular weight excluding hydrogens is 172 g/mol. The highest BCUT2D eigenvalue weighted by Crippen LogP contribution is 2.07. The van der Waals surface area contributed by atoms with Crippen LogP contribution in [0.4, 0.5) is 0 Å². The summed E-state index contributed by atoms with van der Waals surface area (Å²) in [5, 5.41) is 0. The van der Waals surface area contributed by atoms with Crippen molar-refractivity contribution < 1.29 is 4.79 Å². The maximum absolute atomic E-state index is 11.6. The van der Waals surface area contributed by atoms with Gasteiger partial charge in [0.25, 0.3) is 0 Å². The molecule has 0 aliphatic rings. The van der Waals surface area contributed by atoms with Gasteiger partial charge in [0.2, 0.25) is 0 Å². The minimum Gasteiger partial charge on any atom is -0.294 e. The first-order valence-electron chi connectivity index (χ1n) is 5.27. The van der Waals surface area contributed by atoms with Gasteiger partial charge in [-0.1, -0.05) is 56.5 Å². The van der Waals surface area contributed by atoms with Crippen LogP contribution in [0.15, 0.2) is 30.3 Å². The summed E-state index contributed by atoms with van der Waals surface area (Å²) < 4.78 is 0. The smallest absolute Gasteiger partial charge is 0.166 e. The van der Waals surface area contributed by atoms with Crippen molar-refractivity contribution in [2.24, 2.45) is 0 Å². The fraction of sp³-hybridized carbons (Fsp3) is 0.385. The highest BCUT2D eigenvalue weighted by atomic mass is 16.1. The van der Waals surface area contributed by atoms with Crippen molar-refractivity contribution in [3.05, 3.63) is 42.3 Å². The maximum Gasteiger partial charge on any atom is 0.166 e. The number of rotatable bonds is 6. The molecule has 0 heterocycles. The van der Waals surface area contributed by atoms with Gasteiger partial charge in [-0.3, -0.25) is 4.79 Å². The second-order valence-electron chi connectivity index (χ2n) is 3.43. The first kappa shape index (κ1) is 11.0. The van der Waals surface area contributed by atoms with Crippen molar-refractivity contribution in [2.75, 3.05) is 0 Å². The number of hydrogen-bond acceptors (Lipinski definition) is 1. The Morgan fingerprint density at radius 3 is 2.57 bits per heavy atom. The molecule has 0 aliphatic carbocycles. The molecule has 0 aromatic heterocycles. The molecular formula is C13H17O. The van der Waals surface area contributed by atoms with E-state index in [0.29, 0.717) is 0 Å². The summed E-state index contributed by atoms with van der Waals surface area (Å²) in [5.41, 5.74) is 0.795. The molecule has 0 unspecified atom stereocenters. The molecule has 1 nitrogen and oxygen atoms in total. The van der Waals surface area contributed by atoms with E-state index in [1.165, 1.54) is 12.8 Å². The van der Waals surface area contributed by atoms with E-state index in [-0.39, 0.29) is 5.78 Å². The Morgan fingerprint density at radius 2 is 1.93 bits per heavy atom. The molecule has 0 saturated carbocycles. The van der Waals surface area contributed by atoms with Crippen molar-refractivity contribution in [2.45, 2.75) is 32.6 Å². The SMILES string of the molecule is CCCCC[CH]C(=O)c1ccccc1. The van der Waals surface area contributed by atoms with Gasteiger partial charge in [0, 0.05) is 12.0 Å². The van der Waals surface area contributed by atoms with Crippen LogP contribution >= 0.6 is 0 Å². The zero-order valence-electron chi connectivity index (χ0n) is 8.70. The molecule has 0 atom stereocenters. The van der Waals surface area contributed by atoms with Crippen LogP contribution in [0.1, 0.15) is 43.0 Å². The number of Topliss-reactive ketones (excluding diaryl/α,β-unsaturated/α-hetero) is 1. The van der Waals surface area contributed by atoms with Crippen molar-refractivity contribution in [3.8, 4) is 0 Å². The van der Waals surface area contributed by atoms with Gasteiger partial charge in [0.15, 0.2) is 5.78 Å². The fourth-order valence-electron chi connectivity index (χ4n) is 1.35. The van der Waals surface area contributed by atoms with Gasteiger partial charge in [-0.05, 0) is 6.42 Å². The third kappa shape index (κ3) is 3.73. The average molecular weight is 189 g/mol. The van der Waals surface area contributed by atoms with Crippen molar-refractivity contribution in [1.82, 2.24) is 0 Å². The van der Waals surface area contributed by atoms with Crippen LogP contribution in [0.2, 0.25) is 0 Å². The third-order valence-electron chi connectivity index (χ3n) is 2.20. The zero-order chi connectivity index (χ0) is 10.2. The lowest BCUT2D eigenvalue weighted by atomic mass is 10.0. The van der Waals surface area contributed by atoms with Crippen molar-refractivity contribution >= 4 is 5.78 Å². The first-order chi connectivity index (χ1) is 6.84. The predicted octanol–water partition coefficient (Wildman–Crippen LogP) is 3.65. The summed E-state index contributed by atoms with van der Waals surface area (Å²) in [6, 6.07) is 9.44. The standard InChI is InChI=1S/C13H17O/c1-2-3-4-8-11-13(14)12-9-6-5-7-10-12/h5-7,9-11H,2-4,8H2,1H3. The van der Waals surface area contributed by atoms with Crippen LogP contribution in [0, 0.1) is 6.42 Å². The highest BCUT2D eigenvalue weighted by molar-refractivity contribution is 6.02. The molecule has 1 heteroatoms. The number of carbonyl (C=O) groups excluding carboxylic acids is 1. The second-order valence-corrected chi connectivity index (χ2v) is 3.43. The van der Waals surface area contributed by atoms with E-state index in [4.69, 9.17) is 0 Å². The predicted molar refractivity (Wildman–Crippen MR) is 59.2 cm³/mol. The van der Waals surface area contributed by atoms with E-state index in [1.54, 1.807) is 6.42 Å². The molecule has 0 aliphatic heterocycles. The van der Waals surface area contributed by atoms with Gasteiger partial charge in [0.1, 0.15) is 0 Å². The topological polar surface area (TPSA) is 17.1 Å². The van der Waals surface area contributed by atoms with Crippen LogP contribution in [0.3, 0.4) is 0 Å². The minimum absolute atomic E-state index is 0.154. The summed E-state index contributed by atoms with van der Waals surface area (Å²) in [6.45, 7) is 2.17. The third-order valence-corrected chi connectivity index (χ3v) is 2.20. The van der Waals surface area contributed by atoms with Crippen molar-refractivity contribution in [1.29, 1.82) is 0 Å². The molecule has 1 radical (unpaired) electrons. The first-order valence-corrected chi connectivity index (χ1v) is 5.27. The van der Waals surface area contributed by atoms with E-state index < -0.39 is 0 Å². The molecule has 14 heavy (non-hydrogen) atoms. The normalized spacial score (nSPS) is 10.1. The Kier molecular flexibility index (Phi) is 4.98. The monoisotopic (exact) mass is 189 g/mol. The number of carbonyl (C=O) groups is 1. The Balaban J connectivity index is 2.29. The fourth-order valence-corrected chi connectivity index (χ4v) is 1.35. The highest BCUT2D eigenvalue weighted by Gasteiger charge is 2.03. The van der Waals surface area contributed by atoms with Gasteiger partial charge >= 0.3 is 0 Å². The minimum atomic E-state index is 0.154. The number of benzene rings is 1. The molecule has 0 fully saturated rings. The van der Waals surface area contributed by atoms with E-state index in [2.05, 4.69) is 6.92 Å². The van der Waals surface area contributed by atoms with Gasteiger partial charge in [0.05, 0.1) is 0 Å². The van der Waals surface area contributed by atoms with Crippen LogP contribution in [-0.4, -0.2) is 5.78 Å². The lowest BCUT2D eigenvalue weighted by Gasteiger charge is -1.99. The van der Waals surface area contributed by atoms with Gasteiger partial charge in [-0.25, -0.2) is 0 Å². The molecule has 0 N–H and O–H groups in total. The summed E-state index contributed by atoms with van der Waals surface area (Å²) >= 11 is 0. The Labute approximate surface area is 86.1 Å². The molecule has 1 aromatic carbocycles. The van der Waals surface area contributed by atoms with E-state index >= 15 is 0 Å². The summed E-state index contributed by atoms with van der Waals surface area (Å²) in [7, 11) is 0. The lowest BCUT2D eigenvalue weighted by Crippen LogP contribution is -1.99. The second kappa shape index (κ2) is 6.36. The molecule has 0 saturated heterocycles.